The molecule has 5 heteroatoms. The van der Waals surface area contributed by atoms with Crippen LogP contribution in [0.25, 0.3) is 0 Å². The van der Waals surface area contributed by atoms with Crippen LogP contribution in [-0.2, 0) is 4.79 Å². The molecule has 1 amide bonds. The number of rotatable bonds is 2. The Morgan fingerprint density at radius 3 is 2.33 bits per heavy atom. The van der Waals surface area contributed by atoms with Crippen molar-refractivity contribution in [3.63, 3.8) is 0 Å². The van der Waals surface area contributed by atoms with Crippen molar-refractivity contribution < 1.29 is 41.5 Å². The molecular formula is C4H6FNOPaPb-. The Bertz CT molecular complexity index is 92.6. The number of hydrogen-bond donors (Lipinski definition) is 0. The molecule has 0 aliphatic carbocycles. The molecule has 0 aliphatic rings. The Labute approximate surface area is 94.7 Å². The van der Waals surface area contributed by atoms with Gasteiger partial charge in [-0.25, -0.2) is 0 Å². The van der Waals surface area contributed by atoms with Gasteiger partial charge < -0.3 is 0 Å². The predicted octanol–water partition coefficient (Wildman–Crippen LogP) is 0.120. The number of carbonyl (C=O) groups excluding carboxylic acids is 1. The largest absolute Gasteiger partial charge is 0 e. The third kappa shape index (κ3) is 5.84. The van der Waals surface area contributed by atoms with Crippen molar-refractivity contribution in [2.24, 2.45) is 0 Å². The van der Waals surface area contributed by atoms with Gasteiger partial charge in [0, 0.05) is 32.3 Å². The normalized spacial score (nSPS) is 7.89. The minimum atomic E-state index is -0.777. The standard InChI is InChI=1S/C4H6FNO.Pa.Pb/c1-4(7)6(2)3-5;;/h1-3H2;;/q-1;;. The monoisotopic (exact) mass is 542 g/mol. The Balaban J connectivity index is 0. The second-order valence-corrected chi connectivity index (χ2v) is 2.60. The van der Waals surface area contributed by atoms with Crippen LogP contribution < -0.4 is 0 Å². The fourth-order valence-corrected chi connectivity index (χ4v) is 1.05. The summed E-state index contributed by atoms with van der Waals surface area (Å²) in [5, 5.41) is 0. The number of halogens is 1. The topological polar surface area (TPSA) is 20.3 Å². The zero-order valence-electron chi connectivity index (χ0n) is 4.93. The van der Waals surface area contributed by atoms with E-state index < -0.39 is 6.80 Å². The van der Waals surface area contributed by atoms with Crippen LogP contribution in [0.2, 0.25) is 3.98 Å². The molecule has 0 aliphatic heterocycles. The molecular weight excluding hydrogens is 535 g/mol. The van der Waals surface area contributed by atoms with E-state index in [0.717, 1.165) is 30.7 Å². The van der Waals surface area contributed by atoms with E-state index in [-0.39, 0.29) is 38.2 Å². The molecule has 48 valence electrons. The summed E-state index contributed by atoms with van der Waals surface area (Å²) >= 11 is 0.777. The summed E-state index contributed by atoms with van der Waals surface area (Å²) in [4.78, 5) is 11.2. The summed E-state index contributed by atoms with van der Waals surface area (Å²) in [6.07, 6.45) is 0. The molecule has 0 aromatic carbocycles. The molecule has 0 fully saturated rings. The SMILES string of the molecule is [CH2-]N(CF)C(=O)[CH2][Pb].[Pa]. The average molecular weight is 541 g/mol. The Morgan fingerprint density at radius 2 is 2.22 bits per heavy atom. The van der Waals surface area contributed by atoms with Gasteiger partial charge in [-0.1, -0.05) is 0 Å². The number of hydrogen-bond acceptors (Lipinski definition) is 1. The molecule has 9 heavy (non-hydrogen) atoms. The Hall–Kier alpha value is 1.41. The van der Waals surface area contributed by atoms with Crippen LogP contribution in [0.4, 0.5) is 4.39 Å². The van der Waals surface area contributed by atoms with Gasteiger partial charge in [0.15, 0.2) is 0 Å². The van der Waals surface area contributed by atoms with Crippen LogP contribution in [0.5, 0.6) is 0 Å². The van der Waals surface area contributed by atoms with Crippen molar-refractivity contribution in [1.29, 1.82) is 0 Å². The van der Waals surface area contributed by atoms with E-state index in [0.29, 0.717) is 3.98 Å². The smallest absolute Gasteiger partial charge is 0 e. The van der Waals surface area contributed by atoms with E-state index in [1.165, 1.54) is 0 Å². The minimum absolute atomic E-state index is 0. The maximum Gasteiger partial charge on any atom is 0 e. The summed E-state index contributed by atoms with van der Waals surface area (Å²) in [7, 11) is 3.16. The fraction of sp³-hybridized carbons (Fsp3) is 0.500. The molecule has 0 heterocycles. The van der Waals surface area contributed by atoms with E-state index in [4.69, 9.17) is 0 Å². The zero-order valence-corrected chi connectivity index (χ0v) is 13.6. The molecule has 0 spiro atoms. The maximum atomic E-state index is 11.5. The number of alkyl halides is 1. The third-order valence-corrected chi connectivity index (χ3v) is 1.82. The van der Waals surface area contributed by atoms with Crippen molar-refractivity contribution in [2.45, 2.75) is 3.98 Å². The Morgan fingerprint density at radius 1 is 1.78 bits per heavy atom. The van der Waals surface area contributed by atoms with Gasteiger partial charge >= 0.3 is 63.6 Å². The van der Waals surface area contributed by atoms with Gasteiger partial charge in [0.05, 0.1) is 0 Å². The molecule has 4 radical (unpaired) electrons. The molecule has 2 nitrogen and oxygen atoms in total. The third-order valence-electron chi connectivity index (χ3n) is 0.648. The minimum Gasteiger partial charge on any atom is 0 e. The summed E-state index contributed by atoms with van der Waals surface area (Å²) in [6, 6.07) is 0. The number of nitrogens with zero attached hydrogens (tertiary/aromatic N) is 1. The van der Waals surface area contributed by atoms with Gasteiger partial charge in [-0.3, -0.25) is 0 Å². The van der Waals surface area contributed by atoms with Crippen LogP contribution in [0.15, 0.2) is 0 Å². The van der Waals surface area contributed by atoms with E-state index in [1.807, 2.05) is 0 Å². The van der Waals surface area contributed by atoms with Gasteiger partial charge in [-0.2, -0.15) is 0 Å². The van der Waals surface area contributed by atoms with E-state index in [1.54, 1.807) is 0 Å². The van der Waals surface area contributed by atoms with Crippen molar-refractivity contribution in [1.82, 2.24) is 4.90 Å². The van der Waals surface area contributed by atoms with Gasteiger partial charge in [0.1, 0.15) is 0 Å². The molecule has 0 rings (SSSR count). The van der Waals surface area contributed by atoms with Gasteiger partial charge in [0.25, 0.3) is 0 Å². The molecule has 0 saturated heterocycles. The van der Waals surface area contributed by atoms with Gasteiger partial charge in [0.2, 0.25) is 0 Å². The Kier molecular flexibility index (Phi) is 10.9. The van der Waals surface area contributed by atoms with Gasteiger partial charge in [-0.15, -0.1) is 0 Å². The van der Waals surface area contributed by atoms with Crippen molar-refractivity contribution in [2.75, 3.05) is 6.80 Å². The zero-order chi connectivity index (χ0) is 6.57. The summed E-state index contributed by atoms with van der Waals surface area (Å²) in [5.74, 6) is -0.209. The first-order valence-electron chi connectivity index (χ1n) is 2.03. The van der Waals surface area contributed by atoms with Crippen molar-refractivity contribution in [3.8, 4) is 0 Å². The second-order valence-electron chi connectivity index (χ2n) is 1.23. The quantitative estimate of drug-likeness (QED) is 0.277. The molecule has 0 saturated carbocycles. The fourth-order valence-electron chi connectivity index (χ4n) is 0.178. The maximum absolute atomic E-state index is 11.5. The van der Waals surface area contributed by atoms with Crippen molar-refractivity contribution >= 4 is 31.7 Å². The molecule has 0 N–H and O–H groups in total. The second kappa shape index (κ2) is 7.52. The molecule has 0 unspecified atom stereocenters. The summed E-state index contributed by atoms with van der Waals surface area (Å²) in [5.41, 5.74) is 0. The first-order chi connectivity index (χ1) is 3.72. The first kappa shape index (κ1) is 13.0. The van der Waals surface area contributed by atoms with E-state index in [9.17, 15) is 9.18 Å². The molecule has 0 atom stereocenters. The number of carbonyl (C=O) groups is 1. The molecule has 0 aromatic rings. The van der Waals surface area contributed by atoms with Crippen LogP contribution in [0.3, 0.4) is 0 Å². The van der Waals surface area contributed by atoms with Crippen LogP contribution in [0, 0.1) is 39.4 Å². The van der Waals surface area contributed by atoms with Crippen molar-refractivity contribution in [3.05, 3.63) is 7.05 Å². The number of amides is 1. The van der Waals surface area contributed by atoms with Crippen LogP contribution >= 0.6 is 0 Å². The van der Waals surface area contributed by atoms with E-state index in [2.05, 4.69) is 7.05 Å². The molecule has 0 bridgehead atoms. The van der Waals surface area contributed by atoms with Crippen LogP contribution in [0.1, 0.15) is 0 Å². The first-order valence-corrected chi connectivity index (χ1v) is 4.78. The molecule has 0 aromatic heterocycles. The summed E-state index contributed by atoms with van der Waals surface area (Å²) in [6.45, 7) is -0.777. The average Bonchev–Trinajstić information content (AvgIpc) is 1.84. The predicted molar refractivity (Wildman–Crippen MR) is 28.7 cm³/mol. The van der Waals surface area contributed by atoms with E-state index >= 15 is 0 Å². The summed E-state index contributed by atoms with van der Waals surface area (Å²) < 4.78 is 11.9. The van der Waals surface area contributed by atoms with Crippen LogP contribution in [-0.4, -0.2) is 43.4 Å². The van der Waals surface area contributed by atoms with Gasteiger partial charge in [-0.05, 0) is 0 Å².